The van der Waals surface area contributed by atoms with E-state index in [4.69, 9.17) is 10.00 Å². The van der Waals surface area contributed by atoms with Crippen molar-refractivity contribution in [1.29, 1.82) is 5.26 Å². The predicted octanol–water partition coefficient (Wildman–Crippen LogP) is 2.30. The van der Waals surface area contributed by atoms with Crippen molar-refractivity contribution in [1.82, 2.24) is 10.6 Å². The molecule has 6 nitrogen and oxygen atoms in total. The van der Waals surface area contributed by atoms with Crippen LogP contribution in [0.25, 0.3) is 0 Å². The summed E-state index contributed by atoms with van der Waals surface area (Å²) in [6.45, 7) is -0.174. The molecule has 0 saturated heterocycles. The number of hydrogen-bond donors (Lipinski definition) is 2. The van der Waals surface area contributed by atoms with Crippen LogP contribution in [0.4, 0.5) is 9.18 Å². The Kier molecular flexibility index (Phi) is 7.13. The maximum atomic E-state index is 13.8. The van der Waals surface area contributed by atoms with Gasteiger partial charge < -0.3 is 15.4 Å². The molecule has 0 aliphatic heterocycles. The molecule has 0 spiro atoms. The summed E-state index contributed by atoms with van der Waals surface area (Å²) in [6.07, 6.45) is -0.869. The normalized spacial score (nSPS) is 11.1. The molecule has 7 heteroatoms. The third-order valence-electron chi connectivity index (χ3n) is 3.54. The molecular formula is C19H18FN3O3. The van der Waals surface area contributed by atoms with Crippen LogP contribution in [0.15, 0.2) is 54.6 Å². The first-order valence-corrected chi connectivity index (χ1v) is 7.95. The summed E-state index contributed by atoms with van der Waals surface area (Å²) in [7, 11) is 0. The summed E-state index contributed by atoms with van der Waals surface area (Å²) in [6, 6.07) is 15.7. The fourth-order valence-corrected chi connectivity index (χ4v) is 2.25. The lowest BCUT2D eigenvalue weighted by atomic mass is 10.0. The van der Waals surface area contributed by atoms with Crippen LogP contribution in [0.1, 0.15) is 11.1 Å². The highest BCUT2D eigenvalue weighted by Crippen LogP contribution is 2.10. The van der Waals surface area contributed by atoms with Gasteiger partial charge in [-0.2, -0.15) is 5.26 Å². The van der Waals surface area contributed by atoms with E-state index < -0.39 is 23.9 Å². The van der Waals surface area contributed by atoms with Crippen molar-refractivity contribution in [3.63, 3.8) is 0 Å². The molecule has 1 atom stereocenters. The number of ether oxygens (including phenoxy) is 1. The number of benzene rings is 2. The van der Waals surface area contributed by atoms with Gasteiger partial charge in [0.15, 0.2) is 0 Å². The van der Waals surface area contributed by atoms with Gasteiger partial charge in [-0.1, -0.05) is 48.5 Å². The number of nitrogens with one attached hydrogen (secondary N) is 2. The molecule has 2 rings (SSSR count). The van der Waals surface area contributed by atoms with Gasteiger partial charge >= 0.3 is 6.09 Å². The molecule has 0 aromatic heterocycles. The van der Waals surface area contributed by atoms with Crippen molar-refractivity contribution in [3.05, 3.63) is 71.5 Å². The first kappa shape index (κ1) is 18.9. The molecule has 2 aromatic carbocycles. The van der Waals surface area contributed by atoms with Gasteiger partial charge in [-0.05, 0) is 17.2 Å². The maximum absolute atomic E-state index is 13.8. The number of hydrogen-bond acceptors (Lipinski definition) is 4. The first-order valence-electron chi connectivity index (χ1n) is 7.95. The van der Waals surface area contributed by atoms with Gasteiger partial charge in [0.2, 0.25) is 5.91 Å². The van der Waals surface area contributed by atoms with Crippen molar-refractivity contribution in [2.45, 2.75) is 19.1 Å². The van der Waals surface area contributed by atoms with Crippen molar-refractivity contribution in [2.24, 2.45) is 0 Å². The van der Waals surface area contributed by atoms with Gasteiger partial charge in [-0.3, -0.25) is 4.79 Å². The molecule has 0 fully saturated rings. The zero-order valence-corrected chi connectivity index (χ0v) is 13.9. The lowest BCUT2D eigenvalue weighted by Gasteiger charge is -2.18. The van der Waals surface area contributed by atoms with E-state index in [1.165, 1.54) is 18.2 Å². The van der Waals surface area contributed by atoms with Crippen LogP contribution >= 0.6 is 0 Å². The predicted molar refractivity (Wildman–Crippen MR) is 92.3 cm³/mol. The smallest absolute Gasteiger partial charge is 0.408 e. The van der Waals surface area contributed by atoms with Gasteiger partial charge in [-0.25, -0.2) is 9.18 Å². The van der Waals surface area contributed by atoms with Gasteiger partial charge in [0.25, 0.3) is 0 Å². The zero-order chi connectivity index (χ0) is 18.8. The zero-order valence-electron chi connectivity index (χ0n) is 13.9. The number of carbonyl (C=O) groups is 2. The minimum atomic E-state index is -1.07. The lowest BCUT2D eigenvalue weighted by molar-refractivity contribution is -0.122. The average molecular weight is 355 g/mol. The highest BCUT2D eigenvalue weighted by molar-refractivity contribution is 5.86. The quantitative estimate of drug-likeness (QED) is 0.746. The third kappa shape index (κ3) is 5.91. The summed E-state index contributed by atoms with van der Waals surface area (Å²) in [5.41, 5.74) is 1.07. The summed E-state index contributed by atoms with van der Waals surface area (Å²) in [5.74, 6) is -1.07. The SMILES string of the molecule is N#CCNC(=O)C(Cc1ccccc1F)NC(=O)OCc1ccccc1. The Labute approximate surface area is 150 Å². The number of rotatable bonds is 7. The first-order chi connectivity index (χ1) is 12.6. The van der Waals surface area contributed by atoms with E-state index in [1.807, 2.05) is 18.2 Å². The largest absolute Gasteiger partial charge is 0.445 e. The molecule has 2 aromatic rings. The summed E-state index contributed by atoms with van der Waals surface area (Å²) < 4.78 is 18.9. The molecule has 0 saturated carbocycles. The van der Waals surface area contributed by atoms with E-state index in [0.717, 1.165) is 5.56 Å². The summed E-state index contributed by atoms with van der Waals surface area (Å²) >= 11 is 0. The van der Waals surface area contributed by atoms with E-state index in [1.54, 1.807) is 24.3 Å². The van der Waals surface area contributed by atoms with Crippen molar-refractivity contribution in [3.8, 4) is 6.07 Å². The standard InChI is InChI=1S/C19H18FN3O3/c20-16-9-5-4-8-15(16)12-17(18(24)22-11-10-21)23-19(25)26-13-14-6-2-1-3-7-14/h1-9,17H,11-13H2,(H,22,24)(H,23,25). The topological polar surface area (TPSA) is 91.2 Å². The molecule has 0 aliphatic carbocycles. The molecule has 0 bridgehead atoms. The van der Waals surface area contributed by atoms with Crippen LogP contribution in [0.2, 0.25) is 0 Å². The van der Waals surface area contributed by atoms with Crippen LogP contribution in [0, 0.1) is 17.1 Å². The van der Waals surface area contributed by atoms with Crippen molar-refractivity contribution in [2.75, 3.05) is 6.54 Å². The highest BCUT2D eigenvalue weighted by Gasteiger charge is 2.23. The minimum absolute atomic E-state index is 0.0406. The molecule has 0 heterocycles. The monoisotopic (exact) mass is 355 g/mol. The number of carbonyl (C=O) groups excluding carboxylic acids is 2. The number of alkyl carbamates (subject to hydrolysis) is 1. The molecule has 26 heavy (non-hydrogen) atoms. The van der Waals surface area contributed by atoms with Crippen LogP contribution in [0.5, 0.6) is 0 Å². The van der Waals surface area contributed by atoms with Gasteiger partial charge in [0.1, 0.15) is 25.0 Å². The maximum Gasteiger partial charge on any atom is 0.408 e. The van der Waals surface area contributed by atoms with Crippen LogP contribution in [-0.2, 0) is 22.6 Å². The summed E-state index contributed by atoms with van der Waals surface area (Å²) in [5, 5.41) is 13.4. The Hall–Kier alpha value is -3.40. The fourth-order valence-electron chi connectivity index (χ4n) is 2.25. The Balaban J connectivity index is 2.00. The van der Waals surface area contributed by atoms with E-state index in [2.05, 4.69) is 10.6 Å². The molecular weight excluding hydrogens is 337 g/mol. The van der Waals surface area contributed by atoms with E-state index in [-0.39, 0.29) is 25.1 Å². The second kappa shape index (κ2) is 9.79. The lowest BCUT2D eigenvalue weighted by Crippen LogP contribution is -2.48. The Morgan fingerprint density at radius 2 is 1.81 bits per heavy atom. The minimum Gasteiger partial charge on any atom is -0.445 e. The Bertz CT molecular complexity index is 790. The van der Waals surface area contributed by atoms with Crippen LogP contribution in [0.3, 0.4) is 0 Å². The number of amides is 2. The molecule has 0 aliphatic rings. The second-order valence-corrected chi connectivity index (χ2v) is 5.43. The van der Waals surface area contributed by atoms with Crippen LogP contribution in [-0.4, -0.2) is 24.6 Å². The second-order valence-electron chi connectivity index (χ2n) is 5.43. The number of halogens is 1. The van der Waals surface area contributed by atoms with E-state index in [0.29, 0.717) is 0 Å². The van der Waals surface area contributed by atoms with E-state index in [9.17, 15) is 14.0 Å². The van der Waals surface area contributed by atoms with Crippen LogP contribution < -0.4 is 10.6 Å². The Morgan fingerprint density at radius 1 is 1.12 bits per heavy atom. The van der Waals surface area contributed by atoms with Gasteiger partial charge in [-0.15, -0.1) is 0 Å². The summed E-state index contributed by atoms with van der Waals surface area (Å²) in [4.78, 5) is 24.2. The third-order valence-corrected chi connectivity index (χ3v) is 3.54. The highest BCUT2D eigenvalue weighted by atomic mass is 19.1. The fraction of sp³-hybridized carbons (Fsp3) is 0.211. The van der Waals surface area contributed by atoms with E-state index >= 15 is 0 Å². The van der Waals surface area contributed by atoms with Crippen molar-refractivity contribution < 1.29 is 18.7 Å². The van der Waals surface area contributed by atoms with Gasteiger partial charge in [0.05, 0.1) is 6.07 Å². The molecule has 134 valence electrons. The van der Waals surface area contributed by atoms with Crippen molar-refractivity contribution >= 4 is 12.0 Å². The molecule has 2 amide bonds. The number of nitrogens with zero attached hydrogens (tertiary/aromatic N) is 1. The molecule has 2 N–H and O–H groups in total. The number of nitriles is 1. The van der Waals surface area contributed by atoms with Gasteiger partial charge in [0, 0.05) is 6.42 Å². The Morgan fingerprint density at radius 3 is 2.50 bits per heavy atom. The molecule has 1 unspecified atom stereocenters. The average Bonchev–Trinajstić information content (AvgIpc) is 2.66. The molecule has 0 radical (unpaired) electrons.